The molecule has 3 heterocycles. The van der Waals surface area contributed by atoms with E-state index in [4.69, 9.17) is 5.73 Å². The fraction of sp³-hybridized carbons (Fsp3) is 0.750. The van der Waals surface area contributed by atoms with Crippen LogP contribution >= 0.6 is 0 Å². The predicted molar refractivity (Wildman–Crippen MR) is 90.1 cm³/mol. The molecule has 2 aliphatic heterocycles. The largest absolute Gasteiger partial charge is 0.368 e. The molecule has 3 rings (SSSR count). The molecule has 0 spiro atoms. The molecule has 1 aromatic heterocycles. The highest BCUT2D eigenvalue weighted by molar-refractivity contribution is 5.43. The summed E-state index contributed by atoms with van der Waals surface area (Å²) in [5, 5.41) is 0. The van der Waals surface area contributed by atoms with Gasteiger partial charge in [-0.3, -0.25) is 4.90 Å². The topological polar surface area (TPSA) is 61.5 Å². The van der Waals surface area contributed by atoms with Gasteiger partial charge in [0.2, 0.25) is 5.95 Å². The van der Waals surface area contributed by atoms with Gasteiger partial charge in [-0.05, 0) is 40.3 Å². The Balaban J connectivity index is 1.56. The lowest BCUT2D eigenvalue weighted by Crippen LogP contribution is -2.45. The zero-order chi connectivity index (χ0) is 15.7. The van der Waals surface area contributed by atoms with E-state index in [1.807, 2.05) is 13.0 Å². The molecule has 1 aromatic rings. The molecule has 6 heteroatoms. The maximum absolute atomic E-state index is 5.77. The number of anilines is 2. The second-order valence-electron chi connectivity index (χ2n) is 6.84. The lowest BCUT2D eigenvalue weighted by atomic mass is 10.0. The Morgan fingerprint density at radius 3 is 2.45 bits per heavy atom. The average molecular weight is 304 g/mol. The van der Waals surface area contributed by atoms with E-state index in [9.17, 15) is 0 Å². The first-order valence-corrected chi connectivity index (χ1v) is 8.29. The zero-order valence-electron chi connectivity index (χ0n) is 14.0. The molecule has 2 fully saturated rings. The van der Waals surface area contributed by atoms with Crippen LogP contribution in [0.1, 0.15) is 25.0 Å². The summed E-state index contributed by atoms with van der Waals surface area (Å²) in [6.07, 6.45) is 3.72. The number of likely N-dealkylation sites (tertiary alicyclic amines) is 1. The van der Waals surface area contributed by atoms with Crippen LogP contribution in [0.2, 0.25) is 0 Å². The molecule has 0 saturated carbocycles. The van der Waals surface area contributed by atoms with Gasteiger partial charge in [-0.1, -0.05) is 0 Å². The van der Waals surface area contributed by atoms with Gasteiger partial charge in [0.25, 0.3) is 0 Å². The third-order valence-electron chi connectivity index (χ3n) is 5.09. The molecule has 22 heavy (non-hydrogen) atoms. The van der Waals surface area contributed by atoms with E-state index in [2.05, 4.69) is 38.8 Å². The first-order valence-electron chi connectivity index (χ1n) is 8.29. The van der Waals surface area contributed by atoms with Crippen molar-refractivity contribution in [3.8, 4) is 0 Å². The zero-order valence-corrected chi connectivity index (χ0v) is 14.0. The summed E-state index contributed by atoms with van der Waals surface area (Å²) in [5.41, 5.74) is 6.72. The molecular weight excluding hydrogens is 276 g/mol. The molecule has 0 unspecified atom stereocenters. The minimum absolute atomic E-state index is 0.380. The molecule has 2 saturated heterocycles. The van der Waals surface area contributed by atoms with Crippen molar-refractivity contribution in [2.45, 2.75) is 38.3 Å². The molecule has 0 aliphatic carbocycles. The fourth-order valence-electron chi connectivity index (χ4n) is 3.72. The quantitative estimate of drug-likeness (QED) is 0.898. The van der Waals surface area contributed by atoms with Crippen molar-refractivity contribution in [2.24, 2.45) is 0 Å². The van der Waals surface area contributed by atoms with Crippen molar-refractivity contribution < 1.29 is 0 Å². The summed E-state index contributed by atoms with van der Waals surface area (Å²) in [6.45, 7) is 6.55. The van der Waals surface area contributed by atoms with Crippen LogP contribution in [0, 0.1) is 6.92 Å². The number of hydrogen-bond acceptors (Lipinski definition) is 6. The maximum Gasteiger partial charge on any atom is 0.222 e. The van der Waals surface area contributed by atoms with Crippen molar-refractivity contribution in [1.29, 1.82) is 0 Å². The van der Waals surface area contributed by atoms with E-state index in [1.54, 1.807) is 0 Å². The average Bonchev–Trinajstić information content (AvgIpc) is 2.96. The summed E-state index contributed by atoms with van der Waals surface area (Å²) in [6, 6.07) is 3.48. The third kappa shape index (κ3) is 3.33. The Labute approximate surface area is 133 Å². The smallest absolute Gasteiger partial charge is 0.222 e. The van der Waals surface area contributed by atoms with Gasteiger partial charge in [0.1, 0.15) is 5.82 Å². The Morgan fingerprint density at radius 1 is 1.14 bits per heavy atom. The Hall–Kier alpha value is -1.40. The van der Waals surface area contributed by atoms with Crippen molar-refractivity contribution in [3.63, 3.8) is 0 Å². The van der Waals surface area contributed by atoms with Crippen LogP contribution in [-0.2, 0) is 0 Å². The number of nitrogen functional groups attached to an aromatic ring is 1. The second kappa shape index (κ2) is 6.38. The minimum Gasteiger partial charge on any atom is -0.368 e. The third-order valence-corrected chi connectivity index (χ3v) is 5.09. The van der Waals surface area contributed by atoms with E-state index in [1.165, 1.54) is 32.4 Å². The van der Waals surface area contributed by atoms with Gasteiger partial charge in [-0.15, -0.1) is 0 Å². The van der Waals surface area contributed by atoms with Gasteiger partial charge in [-0.25, -0.2) is 4.98 Å². The standard InChI is InChI=1S/C16H28N6/c1-12-10-15(19-16(17)18-12)21-7-4-13(5-8-21)22-9-6-14(11-22)20(2)3/h10,13-14H,4-9,11H2,1-3H3,(H2,17,18,19)/t14-/m1/s1. The summed E-state index contributed by atoms with van der Waals surface area (Å²) < 4.78 is 0. The Bertz CT molecular complexity index is 489. The Morgan fingerprint density at radius 2 is 1.86 bits per heavy atom. The molecule has 6 nitrogen and oxygen atoms in total. The SMILES string of the molecule is Cc1cc(N2CCC(N3CC[C@@H](N(C)C)C3)CC2)nc(N)n1. The van der Waals surface area contributed by atoms with Gasteiger partial charge in [0.05, 0.1) is 0 Å². The van der Waals surface area contributed by atoms with Crippen molar-refractivity contribution >= 4 is 11.8 Å². The summed E-state index contributed by atoms with van der Waals surface area (Å²) in [7, 11) is 4.39. The highest BCUT2D eigenvalue weighted by Gasteiger charge is 2.31. The van der Waals surface area contributed by atoms with Crippen LogP contribution in [0.3, 0.4) is 0 Å². The van der Waals surface area contributed by atoms with Crippen molar-refractivity contribution in [3.05, 3.63) is 11.8 Å². The molecule has 0 amide bonds. The number of piperidine rings is 1. The van der Waals surface area contributed by atoms with Crippen LogP contribution in [0.15, 0.2) is 6.07 Å². The molecule has 1 atom stereocenters. The molecule has 0 radical (unpaired) electrons. The van der Waals surface area contributed by atoms with Gasteiger partial charge in [0.15, 0.2) is 0 Å². The molecule has 0 bridgehead atoms. The van der Waals surface area contributed by atoms with E-state index in [-0.39, 0.29) is 0 Å². The van der Waals surface area contributed by atoms with E-state index < -0.39 is 0 Å². The number of likely N-dealkylation sites (N-methyl/N-ethyl adjacent to an activating group) is 1. The number of hydrogen-bond donors (Lipinski definition) is 1. The fourth-order valence-corrected chi connectivity index (χ4v) is 3.72. The van der Waals surface area contributed by atoms with Crippen LogP contribution in [0.5, 0.6) is 0 Å². The molecular formula is C16H28N6. The number of nitrogens with two attached hydrogens (primary N) is 1. The van der Waals surface area contributed by atoms with Crippen LogP contribution in [0.25, 0.3) is 0 Å². The monoisotopic (exact) mass is 304 g/mol. The van der Waals surface area contributed by atoms with Crippen LogP contribution in [-0.4, -0.2) is 72.1 Å². The Kier molecular flexibility index (Phi) is 4.49. The summed E-state index contributed by atoms with van der Waals surface area (Å²) in [4.78, 5) is 15.9. The molecule has 122 valence electrons. The van der Waals surface area contributed by atoms with E-state index >= 15 is 0 Å². The minimum atomic E-state index is 0.380. The number of nitrogens with zero attached hydrogens (tertiary/aromatic N) is 5. The number of aromatic nitrogens is 2. The van der Waals surface area contributed by atoms with Gasteiger partial charge in [-0.2, -0.15) is 4.98 Å². The predicted octanol–water partition coefficient (Wildman–Crippen LogP) is 0.972. The highest BCUT2D eigenvalue weighted by Crippen LogP contribution is 2.25. The van der Waals surface area contributed by atoms with Crippen LogP contribution < -0.4 is 10.6 Å². The normalized spacial score (nSPS) is 24.4. The lowest BCUT2D eigenvalue weighted by molar-refractivity contribution is 0.189. The van der Waals surface area contributed by atoms with Gasteiger partial charge >= 0.3 is 0 Å². The molecule has 0 aromatic carbocycles. The molecule has 2 N–H and O–H groups in total. The summed E-state index contributed by atoms with van der Waals surface area (Å²) in [5.74, 6) is 1.36. The number of aryl methyl sites for hydroxylation is 1. The van der Waals surface area contributed by atoms with E-state index in [0.717, 1.165) is 36.7 Å². The van der Waals surface area contributed by atoms with Gasteiger partial charge in [0, 0.05) is 50.0 Å². The second-order valence-corrected chi connectivity index (χ2v) is 6.84. The highest BCUT2D eigenvalue weighted by atomic mass is 15.3. The van der Waals surface area contributed by atoms with E-state index in [0.29, 0.717) is 5.95 Å². The number of rotatable bonds is 3. The lowest BCUT2D eigenvalue weighted by Gasteiger charge is -2.37. The summed E-state index contributed by atoms with van der Waals surface area (Å²) >= 11 is 0. The first-order chi connectivity index (χ1) is 10.5. The first kappa shape index (κ1) is 15.5. The maximum atomic E-state index is 5.77. The molecule has 2 aliphatic rings. The van der Waals surface area contributed by atoms with Crippen molar-refractivity contribution in [2.75, 3.05) is 50.9 Å². The van der Waals surface area contributed by atoms with Crippen molar-refractivity contribution in [1.82, 2.24) is 19.8 Å². The van der Waals surface area contributed by atoms with Gasteiger partial charge < -0.3 is 15.5 Å². The van der Waals surface area contributed by atoms with Crippen LogP contribution in [0.4, 0.5) is 11.8 Å².